The maximum absolute atomic E-state index is 12.9. The smallest absolute Gasteiger partial charge is 0.261 e. The van der Waals surface area contributed by atoms with Crippen LogP contribution in [0.25, 0.3) is 21.9 Å². The molecule has 0 unspecified atom stereocenters. The highest BCUT2D eigenvalue weighted by molar-refractivity contribution is 6.06. The van der Waals surface area contributed by atoms with E-state index >= 15 is 0 Å². The first-order valence-electron chi connectivity index (χ1n) is 10.3. The molecule has 30 heavy (non-hydrogen) atoms. The number of H-pyrrole nitrogens is 1. The van der Waals surface area contributed by atoms with Crippen molar-refractivity contribution in [3.05, 3.63) is 57.9 Å². The van der Waals surface area contributed by atoms with E-state index in [9.17, 15) is 9.59 Å². The highest BCUT2D eigenvalue weighted by Gasteiger charge is 2.15. The molecule has 8 nitrogen and oxygen atoms in total. The summed E-state index contributed by atoms with van der Waals surface area (Å²) in [6.45, 7) is 2.61. The first-order chi connectivity index (χ1) is 14.6. The maximum Gasteiger partial charge on any atom is 0.261 e. The normalized spacial score (nSPS) is 14.3. The molecule has 0 fully saturated rings. The Morgan fingerprint density at radius 3 is 2.90 bits per heavy atom. The van der Waals surface area contributed by atoms with Crippen LogP contribution in [0, 0.1) is 6.92 Å². The molecular formula is C22H22N6O2. The highest BCUT2D eigenvalue weighted by atomic mass is 16.1. The molecule has 8 heteroatoms. The zero-order valence-electron chi connectivity index (χ0n) is 16.7. The van der Waals surface area contributed by atoms with E-state index in [2.05, 4.69) is 20.5 Å². The molecule has 1 aliphatic rings. The third-order valence-corrected chi connectivity index (χ3v) is 5.69. The number of nitrogens with one attached hydrogen (secondary N) is 2. The predicted molar refractivity (Wildman–Crippen MR) is 115 cm³/mol. The number of nitrogens with zero attached hydrogens (tertiary/aromatic N) is 4. The van der Waals surface area contributed by atoms with Crippen molar-refractivity contribution in [1.82, 2.24) is 24.7 Å². The number of aryl methyl sites for hydroxylation is 2. The van der Waals surface area contributed by atoms with Gasteiger partial charge in [-0.1, -0.05) is 12.8 Å². The number of benzene rings is 1. The predicted octanol–water partition coefficient (Wildman–Crippen LogP) is 3.35. The van der Waals surface area contributed by atoms with Crippen molar-refractivity contribution in [3.8, 4) is 0 Å². The lowest BCUT2D eigenvalue weighted by molar-refractivity contribution is 0.102. The van der Waals surface area contributed by atoms with Crippen LogP contribution in [-0.4, -0.2) is 30.6 Å². The van der Waals surface area contributed by atoms with Crippen LogP contribution >= 0.6 is 0 Å². The molecule has 1 aromatic carbocycles. The molecule has 152 valence electrons. The van der Waals surface area contributed by atoms with Crippen molar-refractivity contribution in [2.24, 2.45) is 0 Å². The second kappa shape index (κ2) is 7.37. The van der Waals surface area contributed by atoms with Crippen LogP contribution in [-0.2, 0) is 13.0 Å². The van der Waals surface area contributed by atoms with Crippen LogP contribution in [0.15, 0.2) is 35.3 Å². The lowest BCUT2D eigenvalue weighted by Crippen LogP contribution is -2.26. The maximum atomic E-state index is 12.9. The number of aromatic amines is 1. The van der Waals surface area contributed by atoms with Crippen molar-refractivity contribution < 1.29 is 4.79 Å². The van der Waals surface area contributed by atoms with Crippen LogP contribution < -0.4 is 10.9 Å². The van der Waals surface area contributed by atoms with Gasteiger partial charge in [0.05, 0.1) is 22.8 Å². The molecule has 3 aromatic heterocycles. The van der Waals surface area contributed by atoms with Gasteiger partial charge in [0.2, 0.25) is 0 Å². The Labute approximate surface area is 172 Å². The largest absolute Gasteiger partial charge is 0.321 e. The van der Waals surface area contributed by atoms with Gasteiger partial charge in [0, 0.05) is 29.6 Å². The van der Waals surface area contributed by atoms with Crippen molar-refractivity contribution in [2.45, 2.75) is 45.6 Å². The molecule has 1 amide bonds. The Morgan fingerprint density at radius 2 is 2.00 bits per heavy atom. The van der Waals surface area contributed by atoms with Crippen LogP contribution in [0.1, 0.15) is 47.6 Å². The van der Waals surface area contributed by atoms with Gasteiger partial charge in [-0.25, -0.2) is 9.97 Å². The Hall–Kier alpha value is -3.55. The summed E-state index contributed by atoms with van der Waals surface area (Å²) >= 11 is 0. The van der Waals surface area contributed by atoms with E-state index in [1.54, 1.807) is 29.0 Å². The summed E-state index contributed by atoms with van der Waals surface area (Å²) in [5.41, 5.74) is 3.09. The molecule has 0 saturated heterocycles. The minimum absolute atomic E-state index is 0.0195. The number of aromatic nitrogens is 5. The average molecular weight is 402 g/mol. The van der Waals surface area contributed by atoms with Gasteiger partial charge in [-0.05, 0) is 44.0 Å². The molecular weight excluding hydrogens is 380 g/mol. The summed E-state index contributed by atoms with van der Waals surface area (Å²) < 4.78 is 1.80. The van der Waals surface area contributed by atoms with E-state index < -0.39 is 0 Å². The van der Waals surface area contributed by atoms with Gasteiger partial charge in [-0.2, -0.15) is 5.10 Å². The molecule has 0 bridgehead atoms. The number of anilines is 1. The minimum atomic E-state index is -0.271. The van der Waals surface area contributed by atoms with Crippen molar-refractivity contribution >= 4 is 33.5 Å². The summed E-state index contributed by atoms with van der Waals surface area (Å²) in [7, 11) is 0. The molecule has 4 heterocycles. The Morgan fingerprint density at radius 1 is 1.13 bits per heavy atom. The molecule has 0 spiro atoms. The lowest BCUT2D eigenvalue weighted by Gasteiger charge is -2.16. The second-order valence-corrected chi connectivity index (χ2v) is 7.78. The van der Waals surface area contributed by atoms with E-state index in [1.165, 1.54) is 0 Å². The zero-order chi connectivity index (χ0) is 20.7. The van der Waals surface area contributed by atoms with Gasteiger partial charge in [0.15, 0.2) is 5.65 Å². The second-order valence-electron chi connectivity index (χ2n) is 7.78. The molecule has 1 aliphatic heterocycles. The molecule has 4 aromatic rings. The first-order valence-corrected chi connectivity index (χ1v) is 10.3. The van der Waals surface area contributed by atoms with E-state index in [4.69, 9.17) is 4.98 Å². The number of hydrogen-bond acceptors (Lipinski definition) is 5. The zero-order valence-corrected chi connectivity index (χ0v) is 16.7. The van der Waals surface area contributed by atoms with Gasteiger partial charge in [0.1, 0.15) is 5.82 Å². The van der Waals surface area contributed by atoms with E-state index in [-0.39, 0.29) is 11.5 Å². The minimum Gasteiger partial charge on any atom is -0.321 e. The SMILES string of the molecule is Cc1[nH]nc2ncc(NC(=O)c3ccc4c(=O)n5c(nc4c3)CCCCCC5)cc12. The number of carbonyl (C=O) groups excluding carboxylic acids is 1. The van der Waals surface area contributed by atoms with Gasteiger partial charge >= 0.3 is 0 Å². The van der Waals surface area contributed by atoms with Gasteiger partial charge in [-0.15, -0.1) is 0 Å². The summed E-state index contributed by atoms with van der Waals surface area (Å²) in [6, 6.07) is 6.91. The quantitative estimate of drug-likeness (QED) is 0.535. The number of pyridine rings is 1. The third kappa shape index (κ3) is 3.24. The topological polar surface area (TPSA) is 106 Å². The molecule has 2 N–H and O–H groups in total. The number of rotatable bonds is 2. The summed E-state index contributed by atoms with van der Waals surface area (Å²) in [4.78, 5) is 34.8. The van der Waals surface area contributed by atoms with Gasteiger partial charge < -0.3 is 5.32 Å². The van der Waals surface area contributed by atoms with Crippen LogP contribution in [0.5, 0.6) is 0 Å². The summed E-state index contributed by atoms with van der Waals surface area (Å²) in [5.74, 6) is 0.544. The summed E-state index contributed by atoms with van der Waals surface area (Å²) in [5, 5.41) is 11.3. The van der Waals surface area contributed by atoms with Gasteiger partial charge in [0.25, 0.3) is 11.5 Å². The number of amides is 1. The monoisotopic (exact) mass is 402 g/mol. The van der Waals surface area contributed by atoms with Crippen molar-refractivity contribution in [2.75, 3.05) is 5.32 Å². The number of hydrogen-bond donors (Lipinski definition) is 2. The molecule has 5 rings (SSSR count). The van der Waals surface area contributed by atoms with E-state index in [0.29, 0.717) is 34.3 Å². The molecule has 0 aliphatic carbocycles. The van der Waals surface area contributed by atoms with Crippen LogP contribution in [0.4, 0.5) is 5.69 Å². The number of fused-ring (bicyclic) bond motifs is 3. The standard InChI is InChI=1S/C22H22N6O2/c1-13-17-11-15(12-23-20(17)27-26-13)24-21(29)14-7-8-16-18(10-14)25-19-6-4-2-3-5-9-28(19)22(16)30/h7-8,10-12H,2-6,9H2,1H3,(H,24,29)(H,23,26,27). The Balaban J connectivity index is 1.48. The van der Waals surface area contributed by atoms with Crippen LogP contribution in [0.2, 0.25) is 0 Å². The average Bonchev–Trinajstić information content (AvgIpc) is 3.09. The molecule has 0 atom stereocenters. The number of carbonyl (C=O) groups is 1. The summed E-state index contributed by atoms with van der Waals surface area (Å²) in [6.07, 6.45) is 6.69. The highest BCUT2D eigenvalue weighted by Crippen LogP contribution is 2.20. The first kappa shape index (κ1) is 18.5. The Kier molecular flexibility index (Phi) is 4.54. The van der Waals surface area contributed by atoms with E-state index in [0.717, 1.165) is 49.0 Å². The van der Waals surface area contributed by atoms with E-state index in [1.807, 2.05) is 13.0 Å². The fourth-order valence-corrected chi connectivity index (χ4v) is 4.03. The van der Waals surface area contributed by atoms with Crippen molar-refractivity contribution in [3.63, 3.8) is 0 Å². The van der Waals surface area contributed by atoms with Gasteiger partial charge in [-0.3, -0.25) is 19.3 Å². The fourth-order valence-electron chi connectivity index (χ4n) is 4.03. The van der Waals surface area contributed by atoms with Crippen LogP contribution in [0.3, 0.4) is 0 Å². The van der Waals surface area contributed by atoms with Crippen molar-refractivity contribution in [1.29, 1.82) is 0 Å². The fraction of sp³-hybridized carbons (Fsp3) is 0.318. The molecule has 0 radical (unpaired) electrons. The lowest BCUT2D eigenvalue weighted by atomic mass is 10.1. The third-order valence-electron chi connectivity index (χ3n) is 5.69. The molecule has 0 saturated carbocycles. The Bertz CT molecular complexity index is 1340.